The predicted octanol–water partition coefficient (Wildman–Crippen LogP) is 3.41. The van der Waals surface area contributed by atoms with Crippen molar-refractivity contribution in [2.75, 3.05) is 13.2 Å². The maximum atomic E-state index is 12.5. The van der Waals surface area contributed by atoms with E-state index >= 15 is 0 Å². The predicted molar refractivity (Wildman–Crippen MR) is 104 cm³/mol. The Bertz CT molecular complexity index is 720. The summed E-state index contributed by atoms with van der Waals surface area (Å²) >= 11 is 0. The lowest BCUT2D eigenvalue weighted by Gasteiger charge is -2.13. The maximum absolute atomic E-state index is 12.5. The van der Waals surface area contributed by atoms with E-state index in [0.717, 1.165) is 17.5 Å². The molecule has 0 unspecified atom stereocenters. The zero-order valence-corrected chi connectivity index (χ0v) is 15.3. The smallest absolute Gasteiger partial charge is 0.163 e. The van der Waals surface area contributed by atoms with Gasteiger partial charge in [0.05, 0.1) is 0 Å². The van der Waals surface area contributed by atoms with Gasteiger partial charge in [0.2, 0.25) is 0 Å². The molecule has 0 bridgehead atoms. The lowest BCUT2D eigenvalue weighted by Crippen LogP contribution is -2.22. The standard InChI is InChI=1S/C22H27NO3/c1-2-16-5-7-17(8-6-16)18-9-11-19(12-10-18)21(25)14-20(4-3-13-23)22(26)15-24/h5-12,20,24H,2-4,13-15,23H2,1H3/t20-/m1/s1. The van der Waals surface area contributed by atoms with Crippen LogP contribution in [0.3, 0.4) is 0 Å². The fourth-order valence-electron chi connectivity index (χ4n) is 2.99. The minimum absolute atomic E-state index is 0.0818. The van der Waals surface area contributed by atoms with Crippen LogP contribution >= 0.6 is 0 Å². The van der Waals surface area contributed by atoms with E-state index in [1.165, 1.54) is 5.56 Å². The van der Waals surface area contributed by atoms with Crippen LogP contribution in [0.5, 0.6) is 0 Å². The number of rotatable bonds is 10. The number of aliphatic hydroxyl groups is 1. The molecule has 26 heavy (non-hydrogen) atoms. The van der Waals surface area contributed by atoms with Gasteiger partial charge in [-0.15, -0.1) is 0 Å². The van der Waals surface area contributed by atoms with Gasteiger partial charge in [-0.05, 0) is 42.5 Å². The van der Waals surface area contributed by atoms with Crippen LogP contribution in [0.25, 0.3) is 11.1 Å². The molecule has 3 N–H and O–H groups in total. The van der Waals surface area contributed by atoms with Crippen LogP contribution in [0.4, 0.5) is 0 Å². The van der Waals surface area contributed by atoms with Crippen molar-refractivity contribution in [3.05, 3.63) is 59.7 Å². The number of carbonyl (C=O) groups excluding carboxylic acids is 2. The molecule has 0 heterocycles. The van der Waals surface area contributed by atoms with Gasteiger partial charge in [0.25, 0.3) is 0 Å². The number of aryl methyl sites for hydroxylation is 1. The van der Waals surface area contributed by atoms with Gasteiger partial charge in [0.15, 0.2) is 11.6 Å². The average Bonchev–Trinajstić information content (AvgIpc) is 2.70. The van der Waals surface area contributed by atoms with Crippen molar-refractivity contribution in [2.45, 2.75) is 32.6 Å². The van der Waals surface area contributed by atoms with Crippen molar-refractivity contribution < 1.29 is 14.7 Å². The molecule has 0 amide bonds. The van der Waals surface area contributed by atoms with Gasteiger partial charge < -0.3 is 10.8 Å². The molecule has 138 valence electrons. The van der Waals surface area contributed by atoms with E-state index in [-0.39, 0.29) is 18.0 Å². The SMILES string of the molecule is CCc1ccc(-c2ccc(C(=O)C[C@@H](CCCN)C(=O)CO)cc2)cc1. The van der Waals surface area contributed by atoms with Gasteiger partial charge >= 0.3 is 0 Å². The third-order valence-electron chi connectivity index (χ3n) is 4.70. The largest absolute Gasteiger partial charge is 0.389 e. The molecular weight excluding hydrogens is 326 g/mol. The van der Waals surface area contributed by atoms with Crippen molar-refractivity contribution in [1.82, 2.24) is 0 Å². The Morgan fingerprint density at radius 1 is 1.00 bits per heavy atom. The second-order valence-electron chi connectivity index (χ2n) is 6.51. The summed E-state index contributed by atoms with van der Waals surface area (Å²) in [6, 6.07) is 15.8. The minimum Gasteiger partial charge on any atom is -0.389 e. The quantitative estimate of drug-likeness (QED) is 0.642. The summed E-state index contributed by atoms with van der Waals surface area (Å²) < 4.78 is 0. The van der Waals surface area contributed by atoms with Crippen LogP contribution in [-0.4, -0.2) is 29.8 Å². The number of carbonyl (C=O) groups is 2. The highest BCUT2D eigenvalue weighted by atomic mass is 16.3. The number of ketones is 2. The molecule has 0 fully saturated rings. The van der Waals surface area contributed by atoms with Crippen LogP contribution in [0.1, 0.15) is 42.1 Å². The zero-order chi connectivity index (χ0) is 18.9. The molecular formula is C22H27NO3. The fourth-order valence-corrected chi connectivity index (χ4v) is 2.99. The lowest BCUT2D eigenvalue weighted by molar-refractivity contribution is -0.125. The monoisotopic (exact) mass is 353 g/mol. The van der Waals surface area contributed by atoms with E-state index in [1.807, 2.05) is 12.1 Å². The highest BCUT2D eigenvalue weighted by molar-refractivity contribution is 5.99. The molecule has 0 aliphatic carbocycles. The van der Waals surface area contributed by atoms with Crippen LogP contribution in [0.15, 0.2) is 48.5 Å². The molecule has 4 heteroatoms. The molecule has 0 saturated heterocycles. The molecule has 1 atom stereocenters. The first-order chi connectivity index (χ1) is 12.6. The first-order valence-corrected chi connectivity index (χ1v) is 9.15. The van der Waals surface area contributed by atoms with Gasteiger partial charge in [-0.1, -0.05) is 55.5 Å². The minimum atomic E-state index is -0.533. The Morgan fingerprint density at radius 2 is 1.58 bits per heavy atom. The highest BCUT2D eigenvalue weighted by Crippen LogP contribution is 2.22. The molecule has 2 aromatic carbocycles. The summed E-state index contributed by atoms with van der Waals surface area (Å²) in [5.74, 6) is -0.835. The normalized spacial score (nSPS) is 12.0. The summed E-state index contributed by atoms with van der Waals surface area (Å²) in [7, 11) is 0. The molecule has 0 radical (unpaired) electrons. The number of aliphatic hydroxyl groups excluding tert-OH is 1. The van der Waals surface area contributed by atoms with Crippen LogP contribution in [0.2, 0.25) is 0 Å². The third kappa shape index (κ3) is 5.35. The van der Waals surface area contributed by atoms with E-state index in [1.54, 1.807) is 12.1 Å². The van der Waals surface area contributed by atoms with Crippen molar-refractivity contribution in [3.8, 4) is 11.1 Å². The van der Waals surface area contributed by atoms with Crippen molar-refractivity contribution >= 4 is 11.6 Å². The summed E-state index contributed by atoms with van der Waals surface area (Å²) in [6.45, 7) is 2.06. The molecule has 0 aliphatic rings. The summed E-state index contributed by atoms with van der Waals surface area (Å²) in [5.41, 5.74) is 9.53. The average molecular weight is 353 g/mol. The van der Waals surface area contributed by atoms with E-state index in [9.17, 15) is 9.59 Å². The van der Waals surface area contributed by atoms with Crippen LogP contribution in [-0.2, 0) is 11.2 Å². The summed E-state index contributed by atoms with van der Waals surface area (Å²) in [6.07, 6.45) is 2.31. The fraction of sp³-hybridized carbons (Fsp3) is 0.364. The summed E-state index contributed by atoms with van der Waals surface area (Å²) in [5, 5.41) is 9.10. The van der Waals surface area contributed by atoms with E-state index in [0.29, 0.717) is 24.9 Å². The Hall–Kier alpha value is -2.30. The van der Waals surface area contributed by atoms with Gasteiger partial charge in [-0.2, -0.15) is 0 Å². The molecule has 0 aromatic heterocycles. The zero-order valence-electron chi connectivity index (χ0n) is 15.3. The first kappa shape index (κ1) is 20.0. The van der Waals surface area contributed by atoms with Crippen LogP contribution in [0, 0.1) is 5.92 Å². The van der Waals surface area contributed by atoms with Crippen molar-refractivity contribution in [3.63, 3.8) is 0 Å². The molecule has 2 rings (SSSR count). The van der Waals surface area contributed by atoms with Crippen LogP contribution < -0.4 is 5.73 Å². The molecule has 2 aromatic rings. The van der Waals surface area contributed by atoms with E-state index in [2.05, 4.69) is 31.2 Å². The summed E-state index contributed by atoms with van der Waals surface area (Å²) in [4.78, 5) is 24.3. The topological polar surface area (TPSA) is 80.4 Å². The molecule has 0 spiro atoms. The number of Topliss-reactive ketones (excluding diaryl/α,β-unsaturated/α-hetero) is 2. The van der Waals surface area contributed by atoms with Gasteiger partial charge in [-0.25, -0.2) is 0 Å². The Morgan fingerprint density at radius 3 is 2.08 bits per heavy atom. The molecule has 4 nitrogen and oxygen atoms in total. The van der Waals surface area contributed by atoms with Gasteiger partial charge in [0.1, 0.15) is 6.61 Å². The van der Waals surface area contributed by atoms with Gasteiger partial charge in [0, 0.05) is 17.9 Å². The van der Waals surface area contributed by atoms with E-state index in [4.69, 9.17) is 10.8 Å². The first-order valence-electron chi connectivity index (χ1n) is 9.15. The second-order valence-corrected chi connectivity index (χ2v) is 6.51. The van der Waals surface area contributed by atoms with E-state index < -0.39 is 12.5 Å². The Labute approximate surface area is 155 Å². The van der Waals surface area contributed by atoms with Crippen molar-refractivity contribution in [2.24, 2.45) is 11.7 Å². The molecule has 0 aliphatic heterocycles. The Kier molecular flexibility index (Phi) is 7.70. The lowest BCUT2D eigenvalue weighted by atomic mass is 9.90. The maximum Gasteiger partial charge on any atom is 0.163 e. The third-order valence-corrected chi connectivity index (χ3v) is 4.70. The number of hydrogen-bond donors (Lipinski definition) is 2. The highest BCUT2D eigenvalue weighted by Gasteiger charge is 2.21. The second kappa shape index (κ2) is 10.00. The van der Waals surface area contributed by atoms with Crippen molar-refractivity contribution in [1.29, 1.82) is 0 Å². The van der Waals surface area contributed by atoms with Gasteiger partial charge in [-0.3, -0.25) is 9.59 Å². The number of hydrogen-bond acceptors (Lipinski definition) is 4. The number of nitrogens with two attached hydrogens (primary N) is 1. The molecule has 0 saturated carbocycles. The Balaban J connectivity index is 2.08. The number of benzene rings is 2.